The molecule has 0 aliphatic heterocycles. The molecule has 2 aromatic carbocycles. The number of hydrogen-bond donors (Lipinski definition) is 0. The van der Waals surface area contributed by atoms with Gasteiger partial charge in [-0.1, -0.05) is 28.1 Å². The van der Waals surface area contributed by atoms with Crippen molar-refractivity contribution in [2.45, 2.75) is 19.9 Å². The molecule has 0 atom stereocenters. The highest BCUT2D eigenvalue weighted by Gasteiger charge is 2.16. The molecular weight excluding hydrogens is 434 g/mol. The van der Waals surface area contributed by atoms with Crippen molar-refractivity contribution in [1.82, 2.24) is 4.90 Å². The Morgan fingerprint density at radius 3 is 2.45 bits per heavy atom. The number of furan rings is 1. The highest BCUT2D eigenvalue weighted by Crippen LogP contribution is 2.25. The van der Waals surface area contributed by atoms with Gasteiger partial charge in [-0.3, -0.25) is 9.59 Å². The molecule has 29 heavy (non-hydrogen) atoms. The highest BCUT2D eigenvalue weighted by atomic mass is 79.9. The zero-order chi connectivity index (χ0) is 21.0. The number of Topliss-reactive ketones (excluding diaryl/α,β-unsaturated/α-hetero) is 1. The van der Waals surface area contributed by atoms with Crippen molar-refractivity contribution < 1.29 is 18.7 Å². The van der Waals surface area contributed by atoms with Gasteiger partial charge < -0.3 is 14.1 Å². The van der Waals surface area contributed by atoms with E-state index in [-0.39, 0.29) is 18.1 Å². The third-order valence-electron chi connectivity index (χ3n) is 4.64. The van der Waals surface area contributed by atoms with Gasteiger partial charge in [-0.2, -0.15) is 0 Å². The molecular formula is C23H22BrNO4. The zero-order valence-corrected chi connectivity index (χ0v) is 18.2. The summed E-state index contributed by atoms with van der Waals surface area (Å²) in [6, 6.07) is 16.7. The third-order valence-corrected chi connectivity index (χ3v) is 5.17. The number of hydrogen-bond acceptors (Lipinski definition) is 4. The first-order chi connectivity index (χ1) is 13.9. The molecule has 150 valence electrons. The van der Waals surface area contributed by atoms with Crippen LogP contribution in [0.3, 0.4) is 0 Å². The van der Waals surface area contributed by atoms with Crippen LogP contribution < -0.4 is 4.74 Å². The summed E-state index contributed by atoms with van der Waals surface area (Å²) in [6.45, 7) is 1.85. The lowest BCUT2D eigenvalue weighted by Gasteiger charge is -2.17. The molecule has 0 radical (unpaired) electrons. The Bertz CT molecular complexity index is 1020. The number of nitrogens with zero attached hydrogens (tertiary/aromatic N) is 1. The third kappa shape index (κ3) is 5.15. The van der Waals surface area contributed by atoms with E-state index < -0.39 is 0 Å². The van der Waals surface area contributed by atoms with E-state index in [2.05, 4.69) is 15.9 Å². The standard InChI is InChI=1S/C23H22BrNO4/c1-15(26)17-6-10-21(28-3)18(12-17)13-23(27)25(2)14-20-9-11-22(29-20)16-4-7-19(24)8-5-16/h4-12H,13-14H2,1-3H3. The van der Waals surface area contributed by atoms with E-state index in [0.717, 1.165) is 15.8 Å². The molecule has 0 unspecified atom stereocenters. The van der Waals surface area contributed by atoms with E-state index in [1.807, 2.05) is 36.4 Å². The minimum absolute atomic E-state index is 0.0502. The van der Waals surface area contributed by atoms with Crippen LogP contribution in [0.4, 0.5) is 0 Å². The molecule has 1 heterocycles. The fraction of sp³-hybridized carbons (Fsp3) is 0.217. The van der Waals surface area contributed by atoms with Crippen molar-refractivity contribution in [3.63, 3.8) is 0 Å². The first-order valence-electron chi connectivity index (χ1n) is 9.14. The molecule has 0 aliphatic carbocycles. The SMILES string of the molecule is COc1ccc(C(C)=O)cc1CC(=O)N(C)Cc1ccc(-c2ccc(Br)cc2)o1. The van der Waals surface area contributed by atoms with E-state index in [9.17, 15) is 9.59 Å². The van der Waals surface area contributed by atoms with Crippen LogP contribution in [0.5, 0.6) is 5.75 Å². The quantitative estimate of drug-likeness (QED) is 0.463. The molecule has 5 nitrogen and oxygen atoms in total. The van der Waals surface area contributed by atoms with Crippen LogP contribution in [0.15, 0.2) is 63.5 Å². The number of benzene rings is 2. The molecule has 0 bridgehead atoms. The van der Waals surface area contributed by atoms with E-state index in [4.69, 9.17) is 9.15 Å². The molecule has 3 rings (SSSR count). The first-order valence-corrected chi connectivity index (χ1v) is 9.93. The van der Waals surface area contributed by atoms with Gasteiger partial charge in [-0.25, -0.2) is 0 Å². The second kappa shape index (κ2) is 9.09. The minimum atomic E-state index is -0.0920. The van der Waals surface area contributed by atoms with Crippen LogP contribution in [-0.2, 0) is 17.8 Å². The average Bonchev–Trinajstić information content (AvgIpc) is 3.16. The van der Waals surface area contributed by atoms with Crippen molar-refractivity contribution >= 4 is 27.6 Å². The smallest absolute Gasteiger partial charge is 0.227 e. The van der Waals surface area contributed by atoms with Gasteiger partial charge in [0.2, 0.25) is 5.91 Å². The van der Waals surface area contributed by atoms with Gasteiger partial charge in [0.1, 0.15) is 17.3 Å². The summed E-state index contributed by atoms with van der Waals surface area (Å²) in [6.07, 6.45) is 0.140. The lowest BCUT2D eigenvalue weighted by Crippen LogP contribution is -2.27. The Hall–Kier alpha value is -2.86. The summed E-state index contributed by atoms with van der Waals surface area (Å²) in [5.74, 6) is 1.90. The highest BCUT2D eigenvalue weighted by molar-refractivity contribution is 9.10. The second-order valence-corrected chi connectivity index (χ2v) is 7.70. The van der Waals surface area contributed by atoms with Crippen molar-refractivity contribution in [2.24, 2.45) is 0 Å². The predicted molar refractivity (Wildman–Crippen MR) is 115 cm³/mol. The number of likely N-dealkylation sites (N-methyl/N-ethyl adjacent to an activating group) is 1. The molecule has 6 heteroatoms. The van der Waals surface area contributed by atoms with Gasteiger partial charge in [0.15, 0.2) is 5.78 Å². The van der Waals surface area contributed by atoms with Crippen molar-refractivity contribution in [3.05, 3.63) is 76.0 Å². The van der Waals surface area contributed by atoms with E-state index in [0.29, 0.717) is 29.2 Å². The molecule has 3 aromatic rings. The molecule has 0 N–H and O–H groups in total. The fourth-order valence-corrected chi connectivity index (χ4v) is 3.25. The maximum Gasteiger partial charge on any atom is 0.227 e. The van der Waals surface area contributed by atoms with E-state index in [1.165, 1.54) is 6.92 Å². The fourth-order valence-electron chi connectivity index (χ4n) is 2.99. The normalized spacial score (nSPS) is 10.6. The van der Waals surface area contributed by atoms with Crippen LogP contribution in [0.1, 0.15) is 28.6 Å². The summed E-state index contributed by atoms with van der Waals surface area (Å²) in [7, 11) is 3.28. The number of ether oxygens (including phenoxy) is 1. The molecule has 0 saturated carbocycles. The van der Waals surface area contributed by atoms with E-state index >= 15 is 0 Å². The van der Waals surface area contributed by atoms with Crippen LogP contribution in [0, 0.1) is 0 Å². The van der Waals surface area contributed by atoms with Crippen molar-refractivity contribution in [1.29, 1.82) is 0 Å². The summed E-state index contributed by atoms with van der Waals surface area (Å²) in [5, 5.41) is 0. The summed E-state index contributed by atoms with van der Waals surface area (Å²) < 4.78 is 12.2. The topological polar surface area (TPSA) is 59.8 Å². The maximum absolute atomic E-state index is 12.7. The molecule has 1 aromatic heterocycles. The monoisotopic (exact) mass is 455 g/mol. The van der Waals surface area contributed by atoms with Gasteiger partial charge in [-0.05, 0) is 49.4 Å². The molecule has 0 spiro atoms. The summed E-state index contributed by atoms with van der Waals surface area (Å²) >= 11 is 3.42. The summed E-state index contributed by atoms with van der Waals surface area (Å²) in [4.78, 5) is 26.0. The lowest BCUT2D eigenvalue weighted by atomic mass is 10.0. The Labute approximate surface area is 178 Å². The van der Waals surface area contributed by atoms with Gasteiger partial charge in [0, 0.05) is 28.2 Å². The molecule has 0 fully saturated rings. The largest absolute Gasteiger partial charge is 0.496 e. The summed E-state index contributed by atoms with van der Waals surface area (Å²) in [5.41, 5.74) is 2.22. The Balaban J connectivity index is 1.69. The number of halogens is 1. The molecule has 0 aliphatic rings. The number of ketones is 1. The van der Waals surface area contributed by atoms with Gasteiger partial charge in [-0.15, -0.1) is 0 Å². The van der Waals surface area contributed by atoms with Crippen LogP contribution >= 0.6 is 15.9 Å². The number of rotatable bonds is 7. The Morgan fingerprint density at radius 2 is 1.79 bits per heavy atom. The first kappa shape index (κ1) is 20.9. The second-order valence-electron chi connectivity index (χ2n) is 6.78. The van der Waals surface area contributed by atoms with E-state index in [1.54, 1.807) is 37.3 Å². The number of carbonyl (C=O) groups excluding carboxylic acids is 2. The van der Waals surface area contributed by atoms with Crippen LogP contribution in [0.25, 0.3) is 11.3 Å². The molecule has 0 saturated heterocycles. The minimum Gasteiger partial charge on any atom is -0.496 e. The maximum atomic E-state index is 12.7. The van der Waals surface area contributed by atoms with Crippen molar-refractivity contribution in [2.75, 3.05) is 14.2 Å². The van der Waals surface area contributed by atoms with Gasteiger partial charge >= 0.3 is 0 Å². The van der Waals surface area contributed by atoms with Crippen LogP contribution in [0.2, 0.25) is 0 Å². The Morgan fingerprint density at radius 1 is 1.07 bits per heavy atom. The van der Waals surface area contributed by atoms with Crippen LogP contribution in [-0.4, -0.2) is 30.7 Å². The Kier molecular flexibility index (Phi) is 6.54. The lowest BCUT2D eigenvalue weighted by molar-refractivity contribution is -0.129. The van der Waals surface area contributed by atoms with Crippen molar-refractivity contribution in [3.8, 4) is 17.1 Å². The number of amides is 1. The zero-order valence-electron chi connectivity index (χ0n) is 16.6. The predicted octanol–water partition coefficient (Wildman–Crippen LogP) is 5.12. The van der Waals surface area contributed by atoms with Gasteiger partial charge in [0.25, 0.3) is 0 Å². The average molecular weight is 456 g/mol. The molecule has 1 amide bonds. The number of carbonyl (C=O) groups is 2. The number of methoxy groups -OCH3 is 1. The van der Waals surface area contributed by atoms with Gasteiger partial charge in [0.05, 0.1) is 20.1 Å².